The molecule has 2 atom stereocenters. The molecule has 0 aromatic carbocycles. The smallest absolute Gasteiger partial charge is 0.0445 e. The third kappa shape index (κ3) is 4.25. The number of hydrogen-bond donors (Lipinski definition) is 2. The van der Waals surface area contributed by atoms with Gasteiger partial charge in [0.05, 0.1) is 0 Å². The molecule has 14 heavy (non-hydrogen) atoms. The van der Waals surface area contributed by atoms with Crippen molar-refractivity contribution in [3.05, 3.63) is 12.7 Å². The Labute approximate surface area is 87.4 Å². The molecule has 2 nitrogen and oxygen atoms in total. The second-order valence-electron chi connectivity index (χ2n) is 4.39. The van der Waals surface area contributed by atoms with Crippen LogP contribution in [0.2, 0.25) is 0 Å². The first-order valence-electron chi connectivity index (χ1n) is 5.75. The summed E-state index contributed by atoms with van der Waals surface area (Å²) >= 11 is 0. The van der Waals surface area contributed by atoms with Crippen molar-refractivity contribution in [2.24, 2.45) is 5.92 Å². The van der Waals surface area contributed by atoms with Gasteiger partial charge >= 0.3 is 0 Å². The van der Waals surface area contributed by atoms with Crippen molar-refractivity contribution in [3.63, 3.8) is 0 Å². The summed E-state index contributed by atoms with van der Waals surface area (Å²) in [6.07, 6.45) is 7.78. The molecule has 0 heterocycles. The molecule has 1 aliphatic rings. The standard InChI is InChI=1S/C12H23NO/c1-3-4-5-10(2)13-12(8-9-14)11-6-7-11/h3,10-14H,1,4-9H2,2H3. The SMILES string of the molecule is C=CCCC(C)NC(CCO)C1CC1. The maximum atomic E-state index is 8.95. The molecule has 1 saturated carbocycles. The van der Waals surface area contributed by atoms with Crippen LogP contribution >= 0.6 is 0 Å². The van der Waals surface area contributed by atoms with Crippen molar-refractivity contribution >= 4 is 0 Å². The highest BCUT2D eigenvalue weighted by atomic mass is 16.3. The molecule has 2 N–H and O–H groups in total. The summed E-state index contributed by atoms with van der Waals surface area (Å²) < 4.78 is 0. The van der Waals surface area contributed by atoms with Gasteiger partial charge in [0, 0.05) is 18.7 Å². The third-order valence-electron chi connectivity index (χ3n) is 2.93. The van der Waals surface area contributed by atoms with Crippen molar-refractivity contribution in [1.82, 2.24) is 5.32 Å². The Bertz CT molecular complexity index is 166. The van der Waals surface area contributed by atoms with Gasteiger partial charge in [-0.2, -0.15) is 0 Å². The van der Waals surface area contributed by atoms with E-state index in [0.29, 0.717) is 18.7 Å². The van der Waals surface area contributed by atoms with Gasteiger partial charge in [-0.3, -0.25) is 0 Å². The Morgan fingerprint density at radius 1 is 1.50 bits per heavy atom. The average molecular weight is 197 g/mol. The summed E-state index contributed by atoms with van der Waals surface area (Å²) in [5, 5.41) is 12.6. The summed E-state index contributed by atoms with van der Waals surface area (Å²) in [5.41, 5.74) is 0. The quantitative estimate of drug-likeness (QED) is 0.584. The molecule has 0 saturated heterocycles. The normalized spacial score (nSPS) is 20.4. The first-order valence-corrected chi connectivity index (χ1v) is 5.75. The highest BCUT2D eigenvalue weighted by molar-refractivity contribution is 4.87. The highest BCUT2D eigenvalue weighted by Crippen LogP contribution is 2.34. The lowest BCUT2D eigenvalue weighted by Crippen LogP contribution is -2.38. The maximum absolute atomic E-state index is 8.95. The zero-order chi connectivity index (χ0) is 10.4. The van der Waals surface area contributed by atoms with Gasteiger partial charge in [-0.25, -0.2) is 0 Å². The van der Waals surface area contributed by atoms with Gasteiger partial charge in [0.25, 0.3) is 0 Å². The van der Waals surface area contributed by atoms with Crippen LogP contribution in [0.15, 0.2) is 12.7 Å². The van der Waals surface area contributed by atoms with E-state index in [1.54, 1.807) is 0 Å². The lowest BCUT2D eigenvalue weighted by molar-refractivity contribution is 0.248. The van der Waals surface area contributed by atoms with Crippen molar-refractivity contribution in [1.29, 1.82) is 0 Å². The fourth-order valence-electron chi connectivity index (χ4n) is 1.91. The molecule has 0 radical (unpaired) electrons. The van der Waals surface area contributed by atoms with E-state index in [1.165, 1.54) is 12.8 Å². The van der Waals surface area contributed by atoms with Crippen LogP contribution in [0, 0.1) is 5.92 Å². The van der Waals surface area contributed by atoms with E-state index in [9.17, 15) is 0 Å². The number of aliphatic hydroxyl groups is 1. The van der Waals surface area contributed by atoms with Crippen molar-refractivity contribution in [3.8, 4) is 0 Å². The second-order valence-corrected chi connectivity index (χ2v) is 4.39. The molecule has 0 aromatic rings. The molecule has 0 aliphatic heterocycles. The minimum atomic E-state index is 0.308. The zero-order valence-corrected chi connectivity index (χ0v) is 9.21. The molecule has 0 spiro atoms. The Kier molecular flexibility index (Phi) is 5.20. The van der Waals surface area contributed by atoms with Crippen LogP contribution in [0.25, 0.3) is 0 Å². The summed E-state index contributed by atoms with van der Waals surface area (Å²) in [6.45, 7) is 6.25. The molecule has 2 unspecified atom stereocenters. The molecule has 0 bridgehead atoms. The first-order chi connectivity index (χ1) is 6.77. The third-order valence-corrected chi connectivity index (χ3v) is 2.93. The molecular formula is C12H23NO. The number of allylic oxidation sites excluding steroid dienone is 1. The summed E-state index contributed by atoms with van der Waals surface area (Å²) in [6, 6.07) is 1.09. The minimum Gasteiger partial charge on any atom is -0.396 e. The molecule has 2 heteroatoms. The maximum Gasteiger partial charge on any atom is 0.0445 e. The van der Waals surface area contributed by atoms with Crippen molar-refractivity contribution in [2.45, 2.75) is 51.1 Å². The van der Waals surface area contributed by atoms with Crippen LogP contribution in [-0.2, 0) is 0 Å². The van der Waals surface area contributed by atoms with E-state index in [0.717, 1.165) is 25.2 Å². The topological polar surface area (TPSA) is 32.3 Å². The number of aliphatic hydroxyl groups excluding tert-OH is 1. The molecule has 1 rings (SSSR count). The van der Waals surface area contributed by atoms with Crippen LogP contribution in [-0.4, -0.2) is 23.8 Å². The minimum absolute atomic E-state index is 0.308. The Morgan fingerprint density at radius 2 is 2.21 bits per heavy atom. The first kappa shape index (κ1) is 11.7. The van der Waals surface area contributed by atoms with E-state index in [4.69, 9.17) is 5.11 Å². The van der Waals surface area contributed by atoms with Gasteiger partial charge in [-0.15, -0.1) is 6.58 Å². The predicted octanol–water partition coefficient (Wildman–Crippen LogP) is 2.09. The largest absolute Gasteiger partial charge is 0.396 e. The van der Waals surface area contributed by atoms with E-state index in [1.807, 2.05) is 6.08 Å². The molecule has 0 amide bonds. The van der Waals surface area contributed by atoms with Crippen LogP contribution < -0.4 is 5.32 Å². The molecule has 1 fully saturated rings. The number of hydrogen-bond acceptors (Lipinski definition) is 2. The molecular weight excluding hydrogens is 174 g/mol. The van der Waals surface area contributed by atoms with Gasteiger partial charge in [0.1, 0.15) is 0 Å². The Balaban J connectivity index is 2.19. The number of nitrogens with one attached hydrogen (secondary N) is 1. The predicted molar refractivity (Wildman–Crippen MR) is 60.2 cm³/mol. The average Bonchev–Trinajstić information content (AvgIpc) is 2.97. The monoisotopic (exact) mass is 197 g/mol. The summed E-state index contributed by atoms with van der Waals surface area (Å²) in [5.74, 6) is 0.827. The van der Waals surface area contributed by atoms with Crippen molar-refractivity contribution in [2.75, 3.05) is 6.61 Å². The molecule has 1 aliphatic carbocycles. The van der Waals surface area contributed by atoms with Gasteiger partial charge in [-0.05, 0) is 44.9 Å². The lowest BCUT2D eigenvalue weighted by atomic mass is 10.1. The van der Waals surface area contributed by atoms with Crippen LogP contribution in [0.5, 0.6) is 0 Å². The van der Waals surface area contributed by atoms with Crippen molar-refractivity contribution < 1.29 is 5.11 Å². The van der Waals surface area contributed by atoms with Crippen LogP contribution in [0.3, 0.4) is 0 Å². The fraction of sp³-hybridized carbons (Fsp3) is 0.833. The molecule has 82 valence electrons. The second kappa shape index (κ2) is 6.20. The van der Waals surface area contributed by atoms with E-state index < -0.39 is 0 Å². The van der Waals surface area contributed by atoms with E-state index >= 15 is 0 Å². The lowest BCUT2D eigenvalue weighted by Gasteiger charge is -2.22. The summed E-state index contributed by atoms with van der Waals surface area (Å²) in [7, 11) is 0. The number of rotatable bonds is 8. The van der Waals surface area contributed by atoms with Gasteiger partial charge in [0.2, 0.25) is 0 Å². The Hall–Kier alpha value is -0.340. The Morgan fingerprint density at radius 3 is 2.71 bits per heavy atom. The highest BCUT2D eigenvalue weighted by Gasteiger charge is 2.31. The van der Waals surface area contributed by atoms with Crippen LogP contribution in [0.1, 0.15) is 39.0 Å². The summed E-state index contributed by atoms with van der Waals surface area (Å²) in [4.78, 5) is 0. The van der Waals surface area contributed by atoms with E-state index in [2.05, 4.69) is 18.8 Å². The van der Waals surface area contributed by atoms with Gasteiger partial charge in [0.15, 0.2) is 0 Å². The van der Waals surface area contributed by atoms with Gasteiger partial charge < -0.3 is 10.4 Å². The van der Waals surface area contributed by atoms with Crippen LogP contribution in [0.4, 0.5) is 0 Å². The zero-order valence-electron chi connectivity index (χ0n) is 9.21. The molecule has 0 aromatic heterocycles. The van der Waals surface area contributed by atoms with E-state index in [-0.39, 0.29) is 0 Å². The van der Waals surface area contributed by atoms with Gasteiger partial charge in [-0.1, -0.05) is 6.08 Å². The fourth-order valence-corrected chi connectivity index (χ4v) is 1.91.